The minimum absolute atomic E-state index is 0.173. The lowest BCUT2D eigenvalue weighted by Gasteiger charge is -2.36. The molecule has 3 rings (SSSR count). The lowest BCUT2D eigenvalue weighted by molar-refractivity contribution is 0.0797. The molecular weight excluding hydrogens is 296 g/mol. The van der Waals surface area contributed by atoms with Crippen molar-refractivity contribution in [3.8, 4) is 0 Å². The highest BCUT2D eigenvalue weighted by atomic mass is 35.5. The van der Waals surface area contributed by atoms with Gasteiger partial charge in [0.2, 0.25) is 0 Å². The number of nitrogens with zero attached hydrogens (tertiary/aromatic N) is 1. The molecule has 120 valence electrons. The first-order valence-corrected chi connectivity index (χ1v) is 8.66. The predicted molar refractivity (Wildman–Crippen MR) is 90.5 cm³/mol. The zero-order valence-electron chi connectivity index (χ0n) is 13.3. The second kappa shape index (κ2) is 6.69. The van der Waals surface area contributed by atoms with Gasteiger partial charge in [0.1, 0.15) is 0 Å². The Bertz CT molecular complexity index is 514. The summed E-state index contributed by atoms with van der Waals surface area (Å²) in [6.45, 7) is 7.87. The van der Waals surface area contributed by atoms with Gasteiger partial charge in [-0.25, -0.2) is 0 Å². The Labute approximate surface area is 138 Å². The monoisotopic (exact) mass is 320 g/mol. The SMILES string of the molecule is CC1(CN2CCC(C(=O)c3ccc(Cl)cc3)CC2)CCNC1. The van der Waals surface area contributed by atoms with Gasteiger partial charge in [-0.1, -0.05) is 18.5 Å². The molecule has 4 heteroatoms. The Morgan fingerprint density at radius 3 is 2.59 bits per heavy atom. The van der Waals surface area contributed by atoms with Crippen LogP contribution < -0.4 is 5.32 Å². The maximum Gasteiger partial charge on any atom is 0.166 e. The number of piperidine rings is 1. The molecule has 2 fully saturated rings. The van der Waals surface area contributed by atoms with Crippen LogP contribution in [0.3, 0.4) is 0 Å². The molecule has 0 radical (unpaired) electrons. The number of hydrogen-bond donors (Lipinski definition) is 1. The van der Waals surface area contributed by atoms with Crippen molar-refractivity contribution in [1.29, 1.82) is 0 Å². The molecule has 1 aromatic rings. The number of halogens is 1. The van der Waals surface area contributed by atoms with Crippen LogP contribution in [0.4, 0.5) is 0 Å². The summed E-state index contributed by atoms with van der Waals surface area (Å²) in [5.41, 5.74) is 1.21. The number of benzene rings is 1. The third-order valence-corrected chi connectivity index (χ3v) is 5.40. The molecule has 1 aromatic carbocycles. The van der Waals surface area contributed by atoms with Crippen LogP contribution >= 0.6 is 11.6 Å². The Kier molecular flexibility index (Phi) is 4.86. The highest BCUT2D eigenvalue weighted by molar-refractivity contribution is 6.30. The van der Waals surface area contributed by atoms with E-state index in [0.717, 1.165) is 51.1 Å². The predicted octanol–water partition coefficient (Wildman–Crippen LogP) is 3.23. The summed E-state index contributed by atoms with van der Waals surface area (Å²) in [6, 6.07) is 7.31. The first-order chi connectivity index (χ1) is 10.6. The van der Waals surface area contributed by atoms with Crippen molar-refractivity contribution in [2.45, 2.75) is 26.2 Å². The van der Waals surface area contributed by atoms with E-state index in [0.29, 0.717) is 10.4 Å². The lowest BCUT2D eigenvalue weighted by atomic mass is 9.85. The van der Waals surface area contributed by atoms with Crippen molar-refractivity contribution in [2.24, 2.45) is 11.3 Å². The fourth-order valence-corrected chi connectivity index (χ4v) is 3.87. The molecular formula is C18H25ClN2O. The van der Waals surface area contributed by atoms with Crippen LogP contribution in [0.25, 0.3) is 0 Å². The normalized spacial score (nSPS) is 27.2. The third-order valence-electron chi connectivity index (χ3n) is 5.15. The number of rotatable bonds is 4. The molecule has 0 saturated carbocycles. The van der Waals surface area contributed by atoms with Gasteiger partial charge in [-0.05, 0) is 68.6 Å². The summed E-state index contributed by atoms with van der Waals surface area (Å²) in [7, 11) is 0. The van der Waals surface area contributed by atoms with Gasteiger partial charge >= 0.3 is 0 Å². The van der Waals surface area contributed by atoms with Gasteiger partial charge in [-0.15, -0.1) is 0 Å². The van der Waals surface area contributed by atoms with Crippen LogP contribution in [0.15, 0.2) is 24.3 Å². The van der Waals surface area contributed by atoms with E-state index in [1.807, 2.05) is 12.1 Å². The average Bonchev–Trinajstić information content (AvgIpc) is 2.94. The topological polar surface area (TPSA) is 32.3 Å². The van der Waals surface area contributed by atoms with Crippen LogP contribution in [0.5, 0.6) is 0 Å². The van der Waals surface area contributed by atoms with Crippen molar-refractivity contribution in [2.75, 3.05) is 32.7 Å². The molecule has 0 bridgehead atoms. The van der Waals surface area contributed by atoms with Crippen LogP contribution in [0.1, 0.15) is 36.5 Å². The molecule has 2 aliphatic heterocycles. The van der Waals surface area contributed by atoms with E-state index in [4.69, 9.17) is 11.6 Å². The van der Waals surface area contributed by atoms with Gasteiger partial charge in [0.05, 0.1) is 0 Å². The first-order valence-electron chi connectivity index (χ1n) is 8.29. The van der Waals surface area contributed by atoms with E-state index >= 15 is 0 Å². The lowest BCUT2D eigenvalue weighted by Crippen LogP contribution is -2.43. The molecule has 1 atom stereocenters. The summed E-state index contributed by atoms with van der Waals surface area (Å²) < 4.78 is 0. The van der Waals surface area contributed by atoms with Crippen molar-refractivity contribution < 1.29 is 4.79 Å². The molecule has 2 aliphatic rings. The van der Waals surface area contributed by atoms with E-state index in [-0.39, 0.29) is 11.7 Å². The summed E-state index contributed by atoms with van der Waals surface area (Å²) >= 11 is 5.89. The highest BCUT2D eigenvalue weighted by Gasteiger charge is 2.33. The number of Topliss-reactive ketones (excluding diaryl/α,β-unsaturated/α-hetero) is 1. The molecule has 2 saturated heterocycles. The van der Waals surface area contributed by atoms with E-state index in [2.05, 4.69) is 17.1 Å². The minimum atomic E-state index is 0.173. The number of hydrogen-bond acceptors (Lipinski definition) is 3. The second-order valence-corrected chi connectivity index (χ2v) is 7.60. The standard InChI is InChI=1S/C18H25ClN2O/c1-18(8-9-20-12-18)13-21-10-6-15(7-11-21)17(22)14-2-4-16(19)5-3-14/h2-5,15,20H,6-13H2,1H3. The maximum atomic E-state index is 12.6. The Morgan fingerprint density at radius 2 is 2.00 bits per heavy atom. The van der Waals surface area contributed by atoms with Gasteiger partial charge in [-0.3, -0.25) is 4.79 Å². The van der Waals surface area contributed by atoms with Crippen molar-refractivity contribution in [1.82, 2.24) is 10.2 Å². The average molecular weight is 321 g/mol. The molecule has 3 nitrogen and oxygen atoms in total. The molecule has 0 amide bonds. The Morgan fingerprint density at radius 1 is 1.32 bits per heavy atom. The fourth-order valence-electron chi connectivity index (χ4n) is 3.75. The van der Waals surface area contributed by atoms with Crippen LogP contribution in [-0.2, 0) is 0 Å². The maximum absolute atomic E-state index is 12.6. The van der Waals surface area contributed by atoms with E-state index < -0.39 is 0 Å². The number of likely N-dealkylation sites (tertiary alicyclic amines) is 1. The highest BCUT2D eigenvalue weighted by Crippen LogP contribution is 2.29. The van der Waals surface area contributed by atoms with Gasteiger partial charge in [0, 0.05) is 29.6 Å². The largest absolute Gasteiger partial charge is 0.316 e. The zero-order valence-corrected chi connectivity index (χ0v) is 14.0. The van der Waals surface area contributed by atoms with Crippen molar-refractivity contribution in [3.63, 3.8) is 0 Å². The van der Waals surface area contributed by atoms with Gasteiger partial charge in [0.15, 0.2) is 5.78 Å². The van der Waals surface area contributed by atoms with E-state index in [1.165, 1.54) is 6.42 Å². The van der Waals surface area contributed by atoms with Gasteiger partial charge in [-0.2, -0.15) is 0 Å². The molecule has 22 heavy (non-hydrogen) atoms. The second-order valence-electron chi connectivity index (χ2n) is 7.16. The van der Waals surface area contributed by atoms with E-state index in [9.17, 15) is 4.79 Å². The molecule has 0 aliphatic carbocycles. The van der Waals surface area contributed by atoms with Gasteiger partial charge in [0.25, 0.3) is 0 Å². The summed E-state index contributed by atoms with van der Waals surface area (Å²) in [5, 5.41) is 4.15. The fraction of sp³-hybridized carbons (Fsp3) is 0.611. The first kappa shape index (κ1) is 16.0. The molecule has 0 spiro atoms. The smallest absolute Gasteiger partial charge is 0.166 e. The quantitative estimate of drug-likeness (QED) is 0.864. The molecule has 1 N–H and O–H groups in total. The summed E-state index contributed by atoms with van der Waals surface area (Å²) in [6.07, 6.45) is 3.21. The Hall–Kier alpha value is -0.900. The van der Waals surface area contributed by atoms with E-state index in [1.54, 1.807) is 12.1 Å². The molecule has 1 unspecified atom stereocenters. The minimum Gasteiger partial charge on any atom is -0.316 e. The number of carbonyl (C=O) groups is 1. The molecule has 0 aromatic heterocycles. The summed E-state index contributed by atoms with van der Waals surface area (Å²) in [4.78, 5) is 15.1. The van der Waals surface area contributed by atoms with Crippen LogP contribution in [0.2, 0.25) is 5.02 Å². The van der Waals surface area contributed by atoms with Crippen LogP contribution in [-0.4, -0.2) is 43.4 Å². The van der Waals surface area contributed by atoms with Crippen molar-refractivity contribution in [3.05, 3.63) is 34.9 Å². The Balaban J connectivity index is 1.53. The zero-order chi connectivity index (χ0) is 15.6. The van der Waals surface area contributed by atoms with Crippen molar-refractivity contribution >= 4 is 17.4 Å². The number of carbonyl (C=O) groups excluding carboxylic acids is 1. The number of nitrogens with one attached hydrogen (secondary N) is 1. The number of ketones is 1. The van der Waals surface area contributed by atoms with Gasteiger partial charge < -0.3 is 10.2 Å². The van der Waals surface area contributed by atoms with Crippen LogP contribution in [0, 0.1) is 11.3 Å². The summed E-state index contributed by atoms with van der Waals surface area (Å²) in [5.74, 6) is 0.456. The molecule has 2 heterocycles. The third kappa shape index (κ3) is 3.70.